The molecule has 1 fully saturated rings. The molecule has 9 heteroatoms. The van der Waals surface area contributed by atoms with Crippen LogP contribution in [0.1, 0.15) is 24.2 Å². The molecule has 0 saturated carbocycles. The molecule has 0 radical (unpaired) electrons. The minimum Gasteiger partial charge on any atom is -0.341 e. The molecule has 130 valence electrons. The first-order valence-corrected chi connectivity index (χ1v) is 7.37. The number of urea groups is 1. The van der Waals surface area contributed by atoms with Gasteiger partial charge in [-0.1, -0.05) is 0 Å². The number of nitrogens with one attached hydrogen (secondary N) is 2. The van der Waals surface area contributed by atoms with Crippen LogP contribution in [0.5, 0.6) is 0 Å². The molecular weight excluding hydrogens is 333 g/mol. The maximum atomic E-state index is 13.2. The molecule has 2 aliphatic rings. The highest BCUT2D eigenvalue weighted by atomic mass is 35.5. The predicted molar refractivity (Wildman–Crippen MR) is 81.6 cm³/mol. The number of hydrogen-bond donors (Lipinski definition) is 2. The zero-order valence-electron chi connectivity index (χ0n) is 12.7. The van der Waals surface area contributed by atoms with Crippen LogP contribution in [0, 0.1) is 0 Å². The summed E-state index contributed by atoms with van der Waals surface area (Å²) in [5, 5.41) is 5.82. The average Bonchev–Trinajstić information content (AvgIpc) is 2.93. The van der Waals surface area contributed by atoms with Gasteiger partial charge in [0.1, 0.15) is 5.69 Å². The maximum Gasteiger partial charge on any atom is 0.431 e. The smallest absolute Gasteiger partial charge is 0.341 e. The molecule has 0 bridgehead atoms. The summed E-state index contributed by atoms with van der Waals surface area (Å²) < 4.78 is 40.8. The monoisotopic (exact) mass is 352 g/mol. The van der Waals surface area contributed by atoms with Crippen LogP contribution in [0.2, 0.25) is 0 Å². The highest BCUT2D eigenvalue weighted by Crippen LogP contribution is 2.43. The molecule has 2 amide bonds. The van der Waals surface area contributed by atoms with Crippen LogP contribution >= 0.6 is 12.4 Å². The number of aromatic nitrogens is 1. The summed E-state index contributed by atoms with van der Waals surface area (Å²) in [6.07, 6.45) is -3.15. The number of rotatable bonds is 0. The molecule has 0 aromatic carbocycles. The minimum atomic E-state index is -4.37. The molecule has 2 N–H and O–H groups in total. The molecule has 0 unspecified atom stereocenters. The lowest BCUT2D eigenvalue weighted by molar-refractivity contribution is -0.144. The van der Waals surface area contributed by atoms with Crippen LogP contribution in [0.15, 0.2) is 12.1 Å². The average molecular weight is 353 g/mol. The van der Waals surface area contributed by atoms with Crippen LogP contribution in [-0.4, -0.2) is 42.2 Å². The normalized spacial score (nSPS) is 19.9. The van der Waals surface area contributed by atoms with E-state index in [-0.39, 0.29) is 31.5 Å². The molecular formula is C14H20ClF3N4O. The second kappa shape index (κ2) is 6.24. The quantitative estimate of drug-likeness (QED) is 0.752. The minimum absolute atomic E-state index is 0. The summed E-state index contributed by atoms with van der Waals surface area (Å²) in [5.74, 6) is 0. The Morgan fingerprint density at radius 3 is 2.48 bits per heavy atom. The third kappa shape index (κ3) is 2.78. The van der Waals surface area contributed by atoms with Gasteiger partial charge in [-0.05, 0) is 38.1 Å². The van der Waals surface area contributed by atoms with Gasteiger partial charge in [-0.15, -0.1) is 12.4 Å². The van der Waals surface area contributed by atoms with E-state index in [9.17, 15) is 18.0 Å². The number of piperidine rings is 1. The van der Waals surface area contributed by atoms with Gasteiger partial charge in [0.2, 0.25) is 0 Å². The van der Waals surface area contributed by atoms with Gasteiger partial charge in [0.25, 0.3) is 0 Å². The third-order valence-electron chi connectivity index (χ3n) is 4.70. The number of fused-ring (bicyclic) bond motifs is 2. The van der Waals surface area contributed by atoms with Gasteiger partial charge in [-0.3, -0.25) is 0 Å². The fourth-order valence-electron chi connectivity index (χ4n) is 3.71. The van der Waals surface area contributed by atoms with Crippen molar-refractivity contribution in [1.29, 1.82) is 0 Å². The van der Waals surface area contributed by atoms with Gasteiger partial charge < -0.3 is 20.1 Å². The maximum absolute atomic E-state index is 13.2. The molecule has 2 aliphatic heterocycles. The van der Waals surface area contributed by atoms with Crippen molar-refractivity contribution in [3.05, 3.63) is 23.5 Å². The first-order chi connectivity index (χ1) is 10.4. The number of nitrogens with zero attached hydrogens (tertiary/aromatic N) is 2. The summed E-state index contributed by atoms with van der Waals surface area (Å²) in [6.45, 7) is 1.81. The van der Waals surface area contributed by atoms with Gasteiger partial charge in [0, 0.05) is 25.8 Å². The van der Waals surface area contributed by atoms with E-state index in [1.165, 1.54) is 10.6 Å². The second-order valence-corrected chi connectivity index (χ2v) is 5.74. The molecule has 0 atom stereocenters. The van der Waals surface area contributed by atoms with Crippen molar-refractivity contribution < 1.29 is 18.0 Å². The topological polar surface area (TPSA) is 49.3 Å². The summed E-state index contributed by atoms with van der Waals surface area (Å²) in [5.41, 5.74) is -0.694. The van der Waals surface area contributed by atoms with Crippen LogP contribution in [-0.2, 0) is 18.3 Å². The lowest BCUT2D eigenvalue weighted by Gasteiger charge is -2.50. The number of carbonyl (C=O) groups is 1. The highest BCUT2D eigenvalue weighted by Gasteiger charge is 2.48. The van der Waals surface area contributed by atoms with Gasteiger partial charge in [0.15, 0.2) is 0 Å². The Bertz CT molecular complexity index is 581. The third-order valence-corrected chi connectivity index (χ3v) is 4.70. The SMILES string of the molecule is CNC(=O)N1CCn2c(C(F)(F)F)ccc2C12CCNCC2.Cl. The Morgan fingerprint density at radius 1 is 1.26 bits per heavy atom. The van der Waals surface area contributed by atoms with E-state index in [1.54, 1.807) is 11.9 Å². The molecule has 23 heavy (non-hydrogen) atoms. The van der Waals surface area contributed by atoms with Crippen molar-refractivity contribution in [2.75, 3.05) is 26.7 Å². The number of hydrogen-bond acceptors (Lipinski definition) is 2. The van der Waals surface area contributed by atoms with Crippen molar-refractivity contribution in [1.82, 2.24) is 20.1 Å². The van der Waals surface area contributed by atoms with Crippen LogP contribution in [0.25, 0.3) is 0 Å². The Kier molecular flexibility index (Phi) is 4.86. The fourth-order valence-corrected chi connectivity index (χ4v) is 3.71. The molecule has 3 rings (SSSR count). The first-order valence-electron chi connectivity index (χ1n) is 7.37. The highest BCUT2D eigenvalue weighted by molar-refractivity contribution is 5.85. The lowest BCUT2D eigenvalue weighted by atomic mass is 9.82. The van der Waals surface area contributed by atoms with E-state index in [1.807, 2.05) is 0 Å². The molecule has 1 spiro atoms. The van der Waals surface area contributed by atoms with Crippen molar-refractivity contribution in [2.24, 2.45) is 0 Å². The van der Waals surface area contributed by atoms with E-state index in [4.69, 9.17) is 0 Å². The first kappa shape index (κ1) is 17.9. The summed E-state index contributed by atoms with van der Waals surface area (Å²) in [7, 11) is 1.55. The van der Waals surface area contributed by atoms with Crippen LogP contribution in [0.3, 0.4) is 0 Å². The Morgan fingerprint density at radius 2 is 1.91 bits per heavy atom. The predicted octanol–water partition coefficient (Wildman–Crippen LogP) is 2.16. The number of halogens is 4. The lowest BCUT2D eigenvalue weighted by Crippen LogP contribution is -2.60. The number of alkyl halides is 3. The zero-order chi connectivity index (χ0) is 16.0. The molecule has 5 nitrogen and oxygen atoms in total. The summed E-state index contributed by atoms with van der Waals surface area (Å²) in [4.78, 5) is 13.9. The Labute approximate surface area is 138 Å². The number of carbonyl (C=O) groups excluding carboxylic acids is 1. The van der Waals surface area contributed by atoms with E-state index in [2.05, 4.69) is 10.6 Å². The van der Waals surface area contributed by atoms with Crippen molar-refractivity contribution in [2.45, 2.75) is 31.1 Å². The van der Waals surface area contributed by atoms with Gasteiger partial charge >= 0.3 is 12.2 Å². The van der Waals surface area contributed by atoms with E-state index in [0.717, 1.165) is 6.07 Å². The van der Waals surface area contributed by atoms with Crippen molar-refractivity contribution in [3.63, 3.8) is 0 Å². The van der Waals surface area contributed by atoms with Crippen LogP contribution in [0.4, 0.5) is 18.0 Å². The van der Waals surface area contributed by atoms with E-state index < -0.39 is 17.4 Å². The number of amides is 2. The van der Waals surface area contributed by atoms with E-state index >= 15 is 0 Å². The molecule has 1 saturated heterocycles. The fraction of sp³-hybridized carbons (Fsp3) is 0.643. The van der Waals surface area contributed by atoms with Crippen molar-refractivity contribution in [3.8, 4) is 0 Å². The van der Waals surface area contributed by atoms with Gasteiger partial charge in [-0.25, -0.2) is 4.79 Å². The summed E-state index contributed by atoms with van der Waals surface area (Å²) in [6, 6.07) is 2.43. The largest absolute Gasteiger partial charge is 0.431 e. The molecule has 3 heterocycles. The molecule has 1 aromatic heterocycles. The van der Waals surface area contributed by atoms with Crippen LogP contribution < -0.4 is 10.6 Å². The zero-order valence-corrected chi connectivity index (χ0v) is 13.6. The molecule has 0 aliphatic carbocycles. The Balaban J connectivity index is 0.00000192. The summed E-state index contributed by atoms with van der Waals surface area (Å²) >= 11 is 0. The van der Waals surface area contributed by atoms with E-state index in [0.29, 0.717) is 31.6 Å². The molecule has 1 aromatic rings. The van der Waals surface area contributed by atoms with Crippen molar-refractivity contribution >= 4 is 18.4 Å². The van der Waals surface area contributed by atoms with Gasteiger partial charge in [0.05, 0.1) is 5.54 Å². The van der Waals surface area contributed by atoms with Gasteiger partial charge in [-0.2, -0.15) is 13.2 Å². The second-order valence-electron chi connectivity index (χ2n) is 5.74. The Hall–Kier alpha value is -1.41. The standard InChI is InChI=1S/C14H19F3N4O.ClH/c1-18-12(22)21-9-8-20-10(2-3-11(20)14(15,16)17)13(21)4-6-19-7-5-13;/h2-3,19H,4-9H2,1H3,(H,18,22);1H.